The molecule has 1 saturated carbocycles. The smallest absolute Gasteiger partial charge is 0.0959 e. The van der Waals surface area contributed by atoms with E-state index < -0.39 is 0 Å². The van der Waals surface area contributed by atoms with E-state index in [1.54, 1.807) is 11.3 Å². The highest BCUT2D eigenvalue weighted by molar-refractivity contribution is 7.09. The fourth-order valence-electron chi connectivity index (χ4n) is 1.07. The zero-order valence-corrected chi connectivity index (χ0v) is 7.10. The molecule has 1 aliphatic carbocycles. The lowest BCUT2D eigenvalue weighted by atomic mass is 10.3. The van der Waals surface area contributed by atoms with Gasteiger partial charge in [0.15, 0.2) is 0 Å². The number of aliphatic hydroxyl groups excluding tert-OH is 1. The standard InChI is InChI=1S/C8H11NOS/c10-4-3-7-5-11-8(9-7)6-1-2-6/h5-6,10H,1-4H2. The molecule has 0 spiro atoms. The number of rotatable bonds is 3. The Morgan fingerprint density at radius 2 is 2.45 bits per heavy atom. The molecule has 0 radical (unpaired) electrons. The van der Waals surface area contributed by atoms with Gasteiger partial charge in [0, 0.05) is 24.3 Å². The van der Waals surface area contributed by atoms with Crippen molar-refractivity contribution < 1.29 is 5.11 Å². The van der Waals surface area contributed by atoms with Gasteiger partial charge in [-0.25, -0.2) is 4.98 Å². The number of aliphatic hydroxyl groups is 1. The molecule has 1 heterocycles. The van der Waals surface area contributed by atoms with Gasteiger partial charge in [0.1, 0.15) is 0 Å². The monoisotopic (exact) mass is 169 g/mol. The molecule has 0 saturated heterocycles. The first-order valence-corrected chi connectivity index (χ1v) is 4.83. The highest BCUT2D eigenvalue weighted by atomic mass is 32.1. The van der Waals surface area contributed by atoms with E-state index in [4.69, 9.17) is 5.11 Å². The van der Waals surface area contributed by atoms with Crippen molar-refractivity contribution in [2.24, 2.45) is 0 Å². The lowest BCUT2D eigenvalue weighted by Crippen LogP contribution is -1.90. The van der Waals surface area contributed by atoms with Crippen molar-refractivity contribution in [1.82, 2.24) is 4.98 Å². The molecule has 3 heteroatoms. The zero-order chi connectivity index (χ0) is 7.68. The maximum absolute atomic E-state index is 8.65. The molecule has 0 unspecified atom stereocenters. The van der Waals surface area contributed by atoms with Gasteiger partial charge in [0.2, 0.25) is 0 Å². The van der Waals surface area contributed by atoms with E-state index in [1.165, 1.54) is 17.8 Å². The lowest BCUT2D eigenvalue weighted by Gasteiger charge is -1.88. The van der Waals surface area contributed by atoms with Crippen LogP contribution in [0.1, 0.15) is 29.5 Å². The van der Waals surface area contributed by atoms with Crippen LogP contribution in [0.2, 0.25) is 0 Å². The summed E-state index contributed by atoms with van der Waals surface area (Å²) in [5.41, 5.74) is 1.06. The van der Waals surface area contributed by atoms with Crippen molar-refractivity contribution in [2.45, 2.75) is 25.2 Å². The fraction of sp³-hybridized carbons (Fsp3) is 0.625. The molecule has 0 atom stereocenters. The van der Waals surface area contributed by atoms with Gasteiger partial charge in [0.25, 0.3) is 0 Å². The maximum atomic E-state index is 8.65. The summed E-state index contributed by atoms with van der Waals surface area (Å²) in [5.74, 6) is 0.757. The minimum Gasteiger partial charge on any atom is -0.396 e. The van der Waals surface area contributed by atoms with Crippen molar-refractivity contribution in [2.75, 3.05) is 6.61 Å². The molecule has 60 valence electrons. The Hall–Kier alpha value is -0.410. The van der Waals surface area contributed by atoms with Crippen molar-refractivity contribution >= 4 is 11.3 Å². The van der Waals surface area contributed by atoms with Crippen LogP contribution in [0.5, 0.6) is 0 Å². The third kappa shape index (κ3) is 1.60. The van der Waals surface area contributed by atoms with E-state index in [0.717, 1.165) is 11.6 Å². The van der Waals surface area contributed by atoms with Crippen molar-refractivity contribution in [3.8, 4) is 0 Å². The molecule has 2 rings (SSSR count). The van der Waals surface area contributed by atoms with E-state index in [2.05, 4.69) is 10.4 Å². The summed E-state index contributed by atoms with van der Waals surface area (Å²) in [6, 6.07) is 0. The van der Waals surface area contributed by atoms with Crippen LogP contribution in [-0.2, 0) is 6.42 Å². The first-order valence-electron chi connectivity index (χ1n) is 3.95. The molecule has 1 aliphatic rings. The van der Waals surface area contributed by atoms with Crippen LogP contribution in [0.15, 0.2) is 5.38 Å². The summed E-state index contributed by atoms with van der Waals surface area (Å²) < 4.78 is 0. The zero-order valence-electron chi connectivity index (χ0n) is 6.29. The van der Waals surface area contributed by atoms with Crippen molar-refractivity contribution in [3.63, 3.8) is 0 Å². The molecule has 2 nitrogen and oxygen atoms in total. The molecule has 11 heavy (non-hydrogen) atoms. The molecule has 1 aromatic heterocycles. The van der Waals surface area contributed by atoms with Gasteiger partial charge in [-0.15, -0.1) is 11.3 Å². The van der Waals surface area contributed by atoms with Crippen LogP contribution in [0.4, 0.5) is 0 Å². The second kappa shape index (κ2) is 2.91. The van der Waals surface area contributed by atoms with Gasteiger partial charge in [-0.1, -0.05) is 0 Å². The average molecular weight is 169 g/mol. The highest BCUT2D eigenvalue weighted by Gasteiger charge is 2.26. The van der Waals surface area contributed by atoms with Crippen LogP contribution in [0.3, 0.4) is 0 Å². The number of aromatic nitrogens is 1. The van der Waals surface area contributed by atoms with Crippen molar-refractivity contribution in [3.05, 3.63) is 16.1 Å². The Bertz CT molecular complexity index is 242. The van der Waals surface area contributed by atoms with Gasteiger partial charge in [0.05, 0.1) is 10.7 Å². The molecular formula is C8H11NOS. The largest absolute Gasteiger partial charge is 0.396 e. The molecule has 1 fully saturated rings. The average Bonchev–Trinajstić information content (AvgIpc) is 2.75. The first kappa shape index (κ1) is 7.25. The summed E-state index contributed by atoms with van der Waals surface area (Å²) >= 11 is 1.74. The Morgan fingerprint density at radius 3 is 3.09 bits per heavy atom. The van der Waals surface area contributed by atoms with Crippen LogP contribution < -0.4 is 0 Å². The quantitative estimate of drug-likeness (QED) is 0.744. The summed E-state index contributed by atoms with van der Waals surface area (Å²) in [4.78, 5) is 4.42. The SMILES string of the molecule is OCCc1csc(C2CC2)n1. The molecule has 1 aromatic rings. The number of hydrogen-bond donors (Lipinski definition) is 1. The Morgan fingerprint density at radius 1 is 1.64 bits per heavy atom. The minimum absolute atomic E-state index is 0.216. The van der Waals surface area contributed by atoms with Crippen LogP contribution in [0.25, 0.3) is 0 Å². The summed E-state index contributed by atoms with van der Waals surface area (Å²) in [5, 5.41) is 12.0. The van der Waals surface area contributed by atoms with Crippen LogP contribution in [-0.4, -0.2) is 16.7 Å². The Kier molecular flexibility index (Phi) is 1.92. The first-order chi connectivity index (χ1) is 5.40. The van der Waals surface area contributed by atoms with E-state index in [9.17, 15) is 0 Å². The topological polar surface area (TPSA) is 33.1 Å². The molecule has 0 aliphatic heterocycles. The number of thiazole rings is 1. The molecule has 0 bridgehead atoms. The minimum atomic E-state index is 0.216. The van der Waals surface area contributed by atoms with Gasteiger partial charge in [-0.3, -0.25) is 0 Å². The van der Waals surface area contributed by atoms with Crippen LogP contribution in [0, 0.1) is 0 Å². The predicted molar refractivity (Wildman–Crippen MR) is 44.9 cm³/mol. The van der Waals surface area contributed by atoms with E-state index in [1.807, 2.05) is 0 Å². The number of hydrogen-bond acceptors (Lipinski definition) is 3. The van der Waals surface area contributed by atoms with Gasteiger partial charge >= 0.3 is 0 Å². The summed E-state index contributed by atoms with van der Waals surface area (Å²) in [7, 11) is 0. The van der Waals surface area contributed by atoms with E-state index in [-0.39, 0.29) is 6.61 Å². The molecule has 0 aromatic carbocycles. The van der Waals surface area contributed by atoms with Gasteiger partial charge < -0.3 is 5.11 Å². The molecule has 1 N–H and O–H groups in total. The van der Waals surface area contributed by atoms with E-state index in [0.29, 0.717) is 6.42 Å². The Labute approximate surface area is 69.9 Å². The van der Waals surface area contributed by atoms with Crippen LogP contribution >= 0.6 is 11.3 Å². The fourth-order valence-corrected chi connectivity index (χ4v) is 2.10. The lowest BCUT2D eigenvalue weighted by molar-refractivity contribution is 0.298. The predicted octanol–water partition coefficient (Wildman–Crippen LogP) is 1.56. The third-order valence-corrected chi connectivity index (χ3v) is 2.92. The van der Waals surface area contributed by atoms with E-state index >= 15 is 0 Å². The molecular weight excluding hydrogens is 158 g/mol. The normalized spacial score (nSPS) is 17.2. The maximum Gasteiger partial charge on any atom is 0.0959 e. The highest BCUT2D eigenvalue weighted by Crippen LogP contribution is 2.41. The third-order valence-electron chi connectivity index (χ3n) is 1.86. The van der Waals surface area contributed by atoms with Crippen molar-refractivity contribution in [1.29, 1.82) is 0 Å². The van der Waals surface area contributed by atoms with Gasteiger partial charge in [-0.05, 0) is 12.8 Å². The second-order valence-electron chi connectivity index (χ2n) is 2.92. The number of nitrogens with zero attached hydrogens (tertiary/aromatic N) is 1. The Balaban J connectivity index is 2.06. The second-order valence-corrected chi connectivity index (χ2v) is 3.81. The van der Waals surface area contributed by atoms with Gasteiger partial charge in [-0.2, -0.15) is 0 Å². The molecule has 0 amide bonds. The summed E-state index contributed by atoms with van der Waals surface area (Å²) in [6.07, 6.45) is 3.33. The summed E-state index contributed by atoms with van der Waals surface area (Å²) in [6.45, 7) is 0.216.